The van der Waals surface area contributed by atoms with Crippen molar-refractivity contribution in [2.45, 2.75) is 91.1 Å². The van der Waals surface area contributed by atoms with Crippen LogP contribution in [0.5, 0.6) is 5.75 Å². The van der Waals surface area contributed by atoms with E-state index >= 15 is 0 Å². The minimum atomic E-state index is -0.358. The van der Waals surface area contributed by atoms with E-state index < -0.39 is 0 Å². The molecule has 0 spiro atoms. The minimum absolute atomic E-state index is 0.253. The lowest BCUT2D eigenvalue weighted by Crippen LogP contribution is -2.18. The van der Waals surface area contributed by atoms with Gasteiger partial charge >= 0.3 is 5.97 Å². The number of benzene rings is 2. The van der Waals surface area contributed by atoms with Gasteiger partial charge < -0.3 is 14.8 Å². The fourth-order valence-electron chi connectivity index (χ4n) is 5.80. The number of hydrogen-bond donors (Lipinski definition) is 1. The number of carbonyl (C=O) groups is 2. The van der Waals surface area contributed by atoms with Crippen molar-refractivity contribution in [1.82, 2.24) is 4.98 Å². The molecule has 43 heavy (non-hydrogen) atoms. The number of thiophene rings is 1. The molecule has 1 amide bonds. The van der Waals surface area contributed by atoms with Gasteiger partial charge in [0, 0.05) is 15.8 Å². The first-order valence-electron chi connectivity index (χ1n) is 15.7. The number of rotatable bonds is 7. The number of pyridine rings is 1. The lowest BCUT2D eigenvalue weighted by Gasteiger charge is -2.14. The molecule has 2 aromatic carbocycles. The van der Waals surface area contributed by atoms with Crippen LogP contribution in [0.15, 0.2) is 54.6 Å². The second kappa shape index (κ2) is 14.6. The molecule has 0 saturated carbocycles. The average molecular weight is 599 g/mol. The van der Waals surface area contributed by atoms with E-state index in [2.05, 4.69) is 5.32 Å². The maximum Gasteiger partial charge on any atom is 0.341 e. The fraction of sp³-hybridized carbons (Fsp3) is 0.417. The summed E-state index contributed by atoms with van der Waals surface area (Å²) in [6.45, 7) is 6.24. The van der Waals surface area contributed by atoms with Gasteiger partial charge in [-0.15, -0.1) is 11.3 Å². The number of amides is 1. The molecule has 4 aromatic rings. The quantitative estimate of drug-likeness (QED) is 0.214. The number of nitrogens with one attached hydrogen (secondary N) is 1. The molecular formula is C36H42N2O4S. The van der Waals surface area contributed by atoms with E-state index in [0.29, 0.717) is 28.4 Å². The van der Waals surface area contributed by atoms with Crippen molar-refractivity contribution in [2.24, 2.45) is 0 Å². The molecule has 6 nitrogen and oxygen atoms in total. The van der Waals surface area contributed by atoms with Crippen LogP contribution in [0.3, 0.4) is 0 Å². The number of ether oxygens (including phenoxy) is 2. The Kier molecular flexibility index (Phi) is 10.5. The van der Waals surface area contributed by atoms with E-state index in [4.69, 9.17) is 14.5 Å². The van der Waals surface area contributed by atoms with Crippen LogP contribution < -0.4 is 10.1 Å². The topological polar surface area (TPSA) is 77.5 Å². The SMILES string of the molecule is CCOc1cccc(-c2cc(C(=O)Nc3sc4c(c3C(=O)OC(C)C)CCCCCCCCCC4)c3ccccc3n2)c1. The summed E-state index contributed by atoms with van der Waals surface area (Å²) in [5.74, 6) is 0.128. The Hall–Kier alpha value is -3.71. The largest absolute Gasteiger partial charge is 0.494 e. The molecule has 5 rings (SSSR count). The van der Waals surface area contributed by atoms with Crippen LogP contribution in [0.4, 0.5) is 5.00 Å². The van der Waals surface area contributed by atoms with Gasteiger partial charge in [0.25, 0.3) is 5.91 Å². The fourth-order valence-corrected chi connectivity index (χ4v) is 7.07. The maximum absolute atomic E-state index is 14.1. The zero-order valence-electron chi connectivity index (χ0n) is 25.5. The molecule has 1 N–H and O–H groups in total. The summed E-state index contributed by atoms with van der Waals surface area (Å²) in [6.07, 6.45) is 11.0. The van der Waals surface area contributed by atoms with Crippen LogP contribution in [-0.4, -0.2) is 29.6 Å². The monoisotopic (exact) mass is 598 g/mol. The van der Waals surface area contributed by atoms with Crippen molar-refractivity contribution >= 4 is 39.1 Å². The van der Waals surface area contributed by atoms with Crippen LogP contribution >= 0.6 is 11.3 Å². The average Bonchev–Trinajstić information content (AvgIpc) is 3.32. The first-order chi connectivity index (χ1) is 20.9. The van der Waals surface area contributed by atoms with Gasteiger partial charge in [-0.25, -0.2) is 9.78 Å². The van der Waals surface area contributed by atoms with E-state index in [1.54, 1.807) is 0 Å². The van der Waals surface area contributed by atoms with Crippen molar-refractivity contribution in [2.75, 3.05) is 11.9 Å². The second-order valence-electron chi connectivity index (χ2n) is 11.5. The van der Waals surface area contributed by atoms with Crippen molar-refractivity contribution in [1.29, 1.82) is 0 Å². The van der Waals surface area contributed by atoms with Crippen molar-refractivity contribution in [3.05, 3.63) is 76.2 Å². The number of nitrogens with zero attached hydrogens (tertiary/aromatic N) is 1. The summed E-state index contributed by atoms with van der Waals surface area (Å²) in [4.78, 5) is 33.7. The van der Waals surface area contributed by atoms with E-state index in [-0.39, 0.29) is 18.0 Å². The molecule has 2 heterocycles. The Morgan fingerprint density at radius 2 is 1.63 bits per heavy atom. The number of aryl methyl sites for hydroxylation is 1. The Morgan fingerprint density at radius 1 is 0.907 bits per heavy atom. The highest BCUT2D eigenvalue weighted by atomic mass is 32.1. The zero-order valence-corrected chi connectivity index (χ0v) is 26.4. The molecule has 0 atom stereocenters. The van der Waals surface area contributed by atoms with Gasteiger partial charge in [0.05, 0.1) is 35.0 Å². The summed E-state index contributed by atoms with van der Waals surface area (Å²) >= 11 is 1.54. The second-order valence-corrected chi connectivity index (χ2v) is 12.6. The molecule has 0 fully saturated rings. The number of esters is 1. The molecule has 0 unspecified atom stereocenters. The summed E-state index contributed by atoms with van der Waals surface area (Å²) < 4.78 is 11.4. The highest BCUT2D eigenvalue weighted by Crippen LogP contribution is 2.38. The van der Waals surface area contributed by atoms with E-state index in [1.165, 1.54) is 48.3 Å². The number of para-hydroxylation sites is 1. The molecule has 2 aromatic heterocycles. The van der Waals surface area contributed by atoms with E-state index in [9.17, 15) is 9.59 Å². The predicted molar refractivity (Wildman–Crippen MR) is 176 cm³/mol. The van der Waals surface area contributed by atoms with Crippen molar-refractivity contribution in [3.63, 3.8) is 0 Å². The number of carbonyl (C=O) groups excluding carboxylic acids is 2. The summed E-state index contributed by atoms with van der Waals surface area (Å²) in [7, 11) is 0. The van der Waals surface area contributed by atoms with E-state index in [0.717, 1.165) is 59.9 Å². The summed E-state index contributed by atoms with van der Waals surface area (Å²) in [5.41, 5.74) is 4.37. The summed E-state index contributed by atoms with van der Waals surface area (Å²) in [6, 6.07) is 17.3. The molecule has 0 radical (unpaired) electrons. The molecule has 226 valence electrons. The molecule has 1 aliphatic carbocycles. The molecule has 0 saturated heterocycles. The van der Waals surface area contributed by atoms with E-state index in [1.807, 2.05) is 75.4 Å². The Morgan fingerprint density at radius 3 is 2.37 bits per heavy atom. The van der Waals surface area contributed by atoms with Crippen LogP contribution in [0, 0.1) is 0 Å². The maximum atomic E-state index is 14.1. The van der Waals surface area contributed by atoms with Gasteiger partial charge in [0.15, 0.2) is 0 Å². The van der Waals surface area contributed by atoms with Crippen LogP contribution in [-0.2, 0) is 17.6 Å². The van der Waals surface area contributed by atoms with Crippen LogP contribution in [0.2, 0.25) is 0 Å². The smallest absolute Gasteiger partial charge is 0.341 e. The number of anilines is 1. The first kappa shape index (κ1) is 30.7. The zero-order chi connectivity index (χ0) is 30.2. The Bertz CT molecular complexity index is 1580. The van der Waals surface area contributed by atoms with Crippen molar-refractivity contribution in [3.8, 4) is 17.0 Å². The highest BCUT2D eigenvalue weighted by molar-refractivity contribution is 7.17. The lowest BCUT2D eigenvalue weighted by molar-refractivity contribution is 0.0378. The molecular weight excluding hydrogens is 556 g/mol. The van der Waals surface area contributed by atoms with Gasteiger partial charge in [-0.1, -0.05) is 68.9 Å². The minimum Gasteiger partial charge on any atom is -0.494 e. The normalized spacial score (nSPS) is 14.4. The molecule has 7 heteroatoms. The predicted octanol–water partition coefficient (Wildman–Crippen LogP) is 9.40. The summed E-state index contributed by atoms with van der Waals surface area (Å²) in [5, 5.41) is 4.50. The lowest BCUT2D eigenvalue weighted by atomic mass is 9.97. The molecule has 0 aliphatic heterocycles. The Balaban J connectivity index is 1.55. The van der Waals surface area contributed by atoms with Crippen LogP contribution in [0.1, 0.15) is 103 Å². The molecule has 1 aliphatic rings. The molecule has 0 bridgehead atoms. The van der Waals surface area contributed by atoms with Gasteiger partial charge in [-0.3, -0.25) is 4.79 Å². The highest BCUT2D eigenvalue weighted by Gasteiger charge is 2.27. The number of aromatic nitrogens is 1. The number of fused-ring (bicyclic) bond motifs is 2. The third kappa shape index (κ3) is 7.63. The standard InChI is InChI=1S/C36H42N2O4S/c1-4-41-26-17-15-16-25(22-26)31-23-29(27-18-13-14-20-30(27)37-31)34(39)38-35-33(36(40)42-24(2)3)28-19-11-9-7-5-6-8-10-12-21-32(28)43-35/h13-18,20,22-24H,4-12,19,21H2,1-3H3,(H,38,39). The van der Waals surface area contributed by atoms with Gasteiger partial charge in [0.2, 0.25) is 0 Å². The van der Waals surface area contributed by atoms with Crippen molar-refractivity contribution < 1.29 is 19.1 Å². The van der Waals surface area contributed by atoms with Crippen LogP contribution in [0.25, 0.3) is 22.2 Å². The van der Waals surface area contributed by atoms with Gasteiger partial charge in [-0.2, -0.15) is 0 Å². The van der Waals surface area contributed by atoms with Gasteiger partial charge in [-0.05, 0) is 76.3 Å². The third-order valence-corrected chi connectivity index (χ3v) is 9.05. The number of hydrogen-bond acceptors (Lipinski definition) is 6. The first-order valence-corrected chi connectivity index (χ1v) is 16.6. The Labute approximate surface area is 258 Å². The van der Waals surface area contributed by atoms with Gasteiger partial charge in [0.1, 0.15) is 10.8 Å². The third-order valence-electron chi connectivity index (χ3n) is 7.85.